The fraction of sp³-hybridized carbons (Fsp3) is 0.615. The third-order valence-corrected chi connectivity index (χ3v) is 5.07. The number of halogens is 1. The first-order chi connectivity index (χ1) is 8.65. The van der Waals surface area contributed by atoms with Crippen LogP contribution in [0.5, 0.6) is 0 Å². The smallest absolute Gasteiger partial charge is 0.226 e. The monoisotopic (exact) mass is 302 g/mol. The highest BCUT2D eigenvalue weighted by Crippen LogP contribution is 2.30. The van der Waals surface area contributed by atoms with Crippen molar-refractivity contribution < 1.29 is 9.90 Å². The van der Waals surface area contributed by atoms with Crippen molar-refractivity contribution in [3.8, 4) is 0 Å². The van der Waals surface area contributed by atoms with Gasteiger partial charge in [-0.25, -0.2) is 0 Å². The summed E-state index contributed by atoms with van der Waals surface area (Å²) in [6.07, 6.45) is 1.58. The Morgan fingerprint density at radius 3 is 2.95 bits per heavy atom. The topological polar surface area (TPSA) is 66.6 Å². The zero-order chi connectivity index (χ0) is 12.7. The average Bonchev–Trinajstić information content (AvgIpc) is 2.95. The van der Waals surface area contributed by atoms with Gasteiger partial charge < -0.3 is 15.7 Å². The molecule has 1 saturated carbocycles. The van der Waals surface area contributed by atoms with E-state index in [1.165, 1.54) is 10.4 Å². The number of rotatable bonds is 1. The summed E-state index contributed by atoms with van der Waals surface area (Å²) in [6, 6.07) is 1.87. The van der Waals surface area contributed by atoms with Gasteiger partial charge in [-0.2, -0.15) is 0 Å². The van der Waals surface area contributed by atoms with Gasteiger partial charge in [0.25, 0.3) is 0 Å². The number of nitrogens with zero attached hydrogens (tertiary/aromatic N) is 1. The number of carbonyl (C=O) groups excluding carboxylic acids is 1. The molecule has 19 heavy (non-hydrogen) atoms. The van der Waals surface area contributed by atoms with Crippen molar-refractivity contribution in [1.82, 2.24) is 4.90 Å². The molecular formula is C13H19ClN2O2S. The molecule has 0 radical (unpaired) electrons. The van der Waals surface area contributed by atoms with Gasteiger partial charge in [0.1, 0.15) is 0 Å². The Balaban J connectivity index is 0.00000133. The molecule has 106 valence electrons. The highest BCUT2D eigenvalue weighted by atomic mass is 35.5. The molecule has 3 rings (SSSR count). The van der Waals surface area contributed by atoms with Gasteiger partial charge in [-0.1, -0.05) is 0 Å². The molecule has 1 amide bonds. The van der Waals surface area contributed by atoms with Gasteiger partial charge in [0.05, 0.1) is 6.10 Å². The molecule has 6 heteroatoms. The van der Waals surface area contributed by atoms with E-state index in [9.17, 15) is 9.90 Å². The van der Waals surface area contributed by atoms with E-state index in [0.717, 1.165) is 19.5 Å². The quantitative estimate of drug-likeness (QED) is 0.818. The fourth-order valence-corrected chi connectivity index (χ4v) is 3.83. The predicted octanol–water partition coefficient (Wildman–Crippen LogP) is 1.15. The van der Waals surface area contributed by atoms with Crippen LogP contribution in [0.25, 0.3) is 0 Å². The maximum Gasteiger partial charge on any atom is 0.226 e. The number of fused-ring (bicyclic) bond motifs is 1. The Labute approximate surface area is 123 Å². The number of aliphatic hydroxyl groups is 1. The van der Waals surface area contributed by atoms with Crippen molar-refractivity contribution in [1.29, 1.82) is 0 Å². The maximum absolute atomic E-state index is 12.4. The molecule has 1 aromatic heterocycles. The van der Waals surface area contributed by atoms with Gasteiger partial charge in [-0.05, 0) is 36.3 Å². The van der Waals surface area contributed by atoms with Crippen molar-refractivity contribution >= 4 is 29.7 Å². The summed E-state index contributed by atoms with van der Waals surface area (Å²) in [6.45, 7) is 1.52. The molecule has 0 spiro atoms. The van der Waals surface area contributed by atoms with Crippen LogP contribution in [0.15, 0.2) is 11.4 Å². The molecule has 1 aliphatic heterocycles. The molecule has 1 aromatic rings. The van der Waals surface area contributed by atoms with Crippen LogP contribution in [-0.4, -0.2) is 34.6 Å². The van der Waals surface area contributed by atoms with Crippen LogP contribution in [0, 0.1) is 5.92 Å². The summed E-state index contributed by atoms with van der Waals surface area (Å²) in [7, 11) is 0. The van der Waals surface area contributed by atoms with E-state index < -0.39 is 6.10 Å². The second-order valence-corrected chi connectivity index (χ2v) is 6.28. The van der Waals surface area contributed by atoms with Crippen molar-refractivity contribution in [2.24, 2.45) is 11.7 Å². The SMILES string of the molecule is Cl.N[C@H]1C[C@H](C(=O)N2CCc3sccc3C2)C[C@@H]1O. The standard InChI is InChI=1S/C13H18N2O2S.ClH/c14-10-5-9(6-11(10)16)13(17)15-3-1-12-8(7-15)2-4-18-12;/h2,4,9-11,16H,1,3,5-7,14H2;1H/t9-,10-,11-;/m0./s1. The van der Waals surface area contributed by atoms with Crippen LogP contribution in [-0.2, 0) is 17.8 Å². The highest BCUT2D eigenvalue weighted by Gasteiger charge is 2.37. The first-order valence-electron chi connectivity index (χ1n) is 6.43. The van der Waals surface area contributed by atoms with E-state index in [0.29, 0.717) is 12.8 Å². The van der Waals surface area contributed by atoms with Gasteiger partial charge in [0.2, 0.25) is 5.91 Å². The molecule has 1 aliphatic carbocycles. The minimum atomic E-state index is -0.513. The second kappa shape index (κ2) is 5.79. The molecule has 0 saturated heterocycles. The van der Waals surface area contributed by atoms with Crippen molar-refractivity contribution in [3.63, 3.8) is 0 Å². The Morgan fingerprint density at radius 2 is 2.26 bits per heavy atom. The van der Waals surface area contributed by atoms with Crippen LogP contribution in [0.1, 0.15) is 23.3 Å². The maximum atomic E-state index is 12.4. The zero-order valence-electron chi connectivity index (χ0n) is 10.6. The molecule has 2 heterocycles. The largest absolute Gasteiger partial charge is 0.391 e. The number of nitrogens with two attached hydrogens (primary N) is 1. The molecule has 3 atom stereocenters. The molecule has 1 fully saturated rings. The van der Waals surface area contributed by atoms with Crippen LogP contribution in [0.3, 0.4) is 0 Å². The lowest BCUT2D eigenvalue weighted by Crippen LogP contribution is -2.39. The van der Waals surface area contributed by atoms with Gasteiger partial charge in [0, 0.05) is 29.9 Å². The van der Waals surface area contributed by atoms with E-state index in [-0.39, 0.29) is 30.3 Å². The number of amides is 1. The summed E-state index contributed by atoms with van der Waals surface area (Å²) in [5.74, 6) is 0.0778. The lowest BCUT2D eigenvalue weighted by atomic mass is 10.0. The van der Waals surface area contributed by atoms with Crippen molar-refractivity contribution in [2.45, 2.75) is 38.0 Å². The van der Waals surface area contributed by atoms with E-state index in [2.05, 4.69) is 11.4 Å². The summed E-state index contributed by atoms with van der Waals surface area (Å²) in [5.41, 5.74) is 7.06. The molecule has 0 aromatic carbocycles. The Morgan fingerprint density at radius 1 is 1.47 bits per heavy atom. The number of thiophene rings is 1. The summed E-state index contributed by atoms with van der Waals surface area (Å²) < 4.78 is 0. The first kappa shape index (κ1) is 14.8. The lowest BCUT2D eigenvalue weighted by molar-refractivity contribution is -0.136. The number of carbonyl (C=O) groups is 1. The molecule has 3 N–H and O–H groups in total. The van der Waals surface area contributed by atoms with Crippen LogP contribution in [0.4, 0.5) is 0 Å². The normalized spacial score (nSPS) is 29.8. The number of hydrogen-bond donors (Lipinski definition) is 2. The number of hydrogen-bond acceptors (Lipinski definition) is 4. The molecule has 2 aliphatic rings. The first-order valence-corrected chi connectivity index (χ1v) is 7.31. The van der Waals surface area contributed by atoms with E-state index >= 15 is 0 Å². The third-order valence-electron chi connectivity index (χ3n) is 4.05. The zero-order valence-corrected chi connectivity index (χ0v) is 12.3. The van der Waals surface area contributed by atoms with Crippen LogP contribution in [0.2, 0.25) is 0 Å². The van der Waals surface area contributed by atoms with Gasteiger partial charge >= 0.3 is 0 Å². The minimum Gasteiger partial charge on any atom is -0.391 e. The fourth-order valence-electron chi connectivity index (χ4n) is 2.94. The Hall–Kier alpha value is -0.620. The van der Waals surface area contributed by atoms with E-state index in [1.54, 1.807) is 11.3 Å². The number of aliphatic hydroxyl groups excluding tert-OH is 1. The molecular weight excluding hydrogens is 284 g/mol. The summed E-state index contributed by atoms with van der Waals surface area (Å²) in [5, 5.41) is 11.7. The summed E-state index contributed by atoms with van der Waals surface area (Å²) >= 11 is 1.77. The van der Waals surface area contributed by atoms with E-state index in [1.807, 2.05) is 4.90 Å². The predicted molar refractivity (Wildman–Crippen MR) is 77.4 cm³/mol. The molecule has 4 nitrogen and oxygen atoms in total. The molecule has 0 unspecified atom stereocenters. The van der Waals surface area contributed by atoms with Crippen LogP contribution >= 0.6 is 23.7 Å². The second-order valence-electron chi connectivity index (χ2n) is 5.28. The van der Waals surface area contributed by atoms with Gasteiger partial charge in [-0.15, -0.1) is 23.7 Å². The van der Waals surface area contributed by atoms with Crippen molar-refractivity contribution in [2.75, 3.05) is 6.54 Å². The Bertz CT molecular complexity index is 455. The van der Waals surface area contributed by atoms with Gasteiger partial charge in [0.15, 0.2) is 0 Å². The van der Waals surface area contributed by atoms with Crippen molar-refractivity contribution in [3.05, 3.63) is 21.9 Å². The van der Waals surface area contributed by atoms with Crippen LogP contribution < -0.4 is 5.73 Å². The highest BCUT2D eigenvalue weighted by molar-refractivity contribution is 7.10. The van der Waals surface area contributed by atoms with Gasteiger partial charge in [-0.3, -0.25) is 4.79 Å². The summed E-state index contributed by atoms with van der Waals surface area (Å²) in [4.78, 5) is 15.7. The Kier molecular flexibility index (Phi) is 4.50. The molecule has 0 bridgehead atoms. The lowest BCUT2D eigenvalue weighted by Gasteiger charge is -2.29. The third kappa shape index (κ3) is 2.79. The minimum absolute atomic E-state index is 0. The average molecular weight is 303 g/mol. The van der Waals surface area contributed by atoms with E-state index in [4.69, 9.17) is 5.73 Å².